The number of rotatable bonds is 6. The van der Waals surface area contributed by atoms with Crippen molar-refractivity contribution in [3.05, 3.63) is 71.7 Å². The molecule has 2 aromatic carbocycles. The second kappa shape index (κ2) is 7.27. The Morgan fingerprint density at radius 3 is 2.71 bits per heavy atom. The van der Waals surface area contributed by atoms with Crippen LogP contribution in [0.25, 0.3) is 10.9 Å². The van der Waals surface area contributed by atoms with Crippen LogP contribution in [0.2, 0.25) is 0 Å². The standard InChI is InChI=1S/C19H20FN3O/c20-16-7-3-1-5-13(16)9-10-22-19(24)17(21)11-14-12-23-18-8-4-2-6-15(14)18/h1-8,12,17,23H,9-11,21H2,(H,22,24)/t17-/m0/s1. The molecular formula is C19H20FN3O. The third kappa shape index (κ3) is 3.63. The summed E-state index contributed by atoms with van der Waals surface area (Å²) >= 11 is 0. The lowest BCUT2D eigenvalue weighted by atomic mass is 10.0. The number of H-pyrrole nitrogens is 1. The highest BCUT2D eigenvalue weighted by atomic mass is 19.1. The van der Waals surface area contributed by atoms with Crippen molar-refractivity contribution < 1.29 is 9.18 Å². The fraction of sp³-hybridized carbons (Fsp3) is 0.211. The van der Waals surface area contributed by atoms with Crippen molar-refractivity contribution in [2.24, 2.45) is 5.73 Å². The number of halogens is 1. The van der Waals surface area contributed by atoms with Gasteiger partial charge in [-0.25, -0.2) is 4.39 Å². The molecule has 0 saturated heterocycles. The monoisotopic (exact) mass is 325 g/mol. The molecule has 1 amide bonds. The maximum atomic E-state index is 13.5. The normalized spacial score (nSPS) is 12.2. The average Bonchev–Trinajstić information content (AvgIpc) is 2.99. The molecule has 0 spiro atoms. The first-order valence-corrected chi connectivity index (χ1v) is 7.97. The largest absolute Gasteiger partial charge is 0.361 e. The molecule has 124 valence electrons. The number of fused-ring (bicyclic) bond motifs is 1. The van der Waals surface area contributed by atoms with Crippen molar-refractivity contribution in [3.8, 4) is 0 Å². The Morgan fingerprint density at radius 1 is 1.12 bits per heavy atom. The predicted octanol–water partition coefficient (Wildman–Crippen LogP) is 2.54. The molecule has 4 N–H and O–H groups in total. The fourth-order valence-electron chi connectivity index (χ4n) is 2.78. The van der Waals surface area contributed by atoms with Crippen molar-refractivity contribution in [1.82, 2.24) is 10.3 Å². The molecule has 0 radical (unpaired) electrons. The van der Waals surface area contributed by atoms with Gasteiger partial charge in [-0.2, -0.15) is 0 Å². The molecule has 3 aromatic rings. The topological polar surface area (TPSA) is 70.9 Å². The number of hydrogen-bond donors (Lipinski definition) is 3. The van der Waals surface area contributed by atoms with Gasteiger partial charge in [0.05, 0.1) is 6.04 Å². The molecular weight excluding hydrogens is 305 g/mol. The van der Waals surface area contributed by atoms with Gasteiger partial charge in [0.15, 0.2) is 0 Å². The van der Waals surface area contributed by atoms with E-state index in [4.69, 9.17) is 5.73 Å². The summed E-state index contributed by atoms with van der Waals surface area (Å²) in [4.78, 5) is 15.3. The van der Waals surface area contributed by atoms with E-state index in [2.05, 4.69) is 10.3 Å². The molecule has 4 nitrogen and oxygen atoms in total. The number of para-hydroxylation sites is 1. The highest BCUT2D eigenvalue weighted by Gasteiger charge is 2.16. The Balaban J connectivity index is 1.54. The Kier molecular flexibility index (Phi) is 4.91. The number of carbonyl (C=O) groups excluding carboxylic acids is 1. The first kappa shape index (κ1) is 16.2. The van der Waals surface area contributed by atoms with Crippen molar-refractivity contribution in [3.63, 3.8) is 0 Å². The van der Waals surface area contributed by atoms with Gasteiger partial charge >= 0.3 is 0 Å². The minimum absolute atomic E-state index is 0.225. The summed E-state index contributed by atoms with van der Waals surface area (Å²) in [5.74, 6) is -0.480. The highest BCUT2D eigenvalue weighted by Crippen LogP contribution is 2.18. The maximum Gasteiger partial charge on any atom is 0.237 e. The van der Waals surface area contributed by atoms with Gasteiger partial charge in [0, 0.05) is 23.6 Å². The first-order valence-electron chi connectivity index (χ1n) is 7.97. The predicted molar refractivity (Wildman–Crippen MR) is 93.1 cm³/mol. The Bertz CT molecular complexity index is 843. The van der Waals surface area contributed by atoms with Crippen LogP contribution >= 0.6 is 0 Å². The van der Waals surface area contributed by atoms with Crippen molar-refractivity contribution in [1.29, 1.82) is 0 Å². The third-order valence-corrected chi connectivity index (χ3v) is 4.10. The van der Waals surface area contributed by atoms with Crippen LogP contribution in [0.5, 0.6) is 0 Å². The van der Waals surface area contributed by atoms with E-state index in [1.54, 1.807) is 18.2 Å². The quantitative estimate of drug-likeness (QED) is 0.652. The zero-order valence-electron chi connectivity index (χ0n) is 13.3. The zero-order chi connectivity index (χ0) is 16.9. The van der Waals surface area contributed by atoms with E-state index < -0.39 is 6.04 Å². The van der Waals surface area contributed by atoms with Crippen LogP contribution < -0.4 is 11.1 Å². The summed E-state index contributed by atoms with van der Waals surface area (Å²) in [6.45, 7) is 0.362. The van der Waals surface area contributed by atoms with Crippen LogP contribution in [-0.2, 0) is 17.6 Å². The van der Waals surface area contributed by atoms with E-state index in [-0.39, 0.29) is 11.7 Å². The number of amides is 1. The minimum Gasteiger partial charge on any atom is -0.361 e. The molecule has 0 saturated carbocycles. The zero-order valence-corrected chi connectivity index (χ0v) is 13.3. The molecule has 1 heterocycles. The van der Waals surface area contributed by atoms with E-state index in [0.717, 1.165) is 16.5 Å². The number of hydrogen-bond acceptors (Lipinski definition) is 2. The second-order valence-corrected chi connectivity index (χ2v) is 5.80. The number of nitrogens with two attached hydrogens (primary N) is 1. The molecule has 1 aromatic heterocycles. The van der Waals surface area contributed by atoms with E-state index in [9.17, 15) is 9.18 Å². The van der Waals surface area contributed by atoms with Gasteiger partial charge in [0.2, 0.25) is 5.91 Å². The van der Waals surface area contributed by atoms with Crippen molar-refractivity contribution in [2.45, 2.75) is 18.9 Å². The molecule has 0 aliphatic heterocycles. The Morgan fingerprint density at radius 2 is 1.88 bits per heavy atom. The van der Waals surface area contributed by atoms with E-state index in [1.165, 1.54) is 6.07 Å². The van der Waals surface area contributed by atoms with E-state index >= 15 is 0 Å². The van der Waals surface area contributed by atoms with Gasteiger partial charge in [-0.05, 0) is 36.1 Å². The lowest BCUT2D eigenvalue weighted by Gasteiger charge is -2.12. The molecule has 0 fully saturated rings. The lowest BCUT2D eigenvalue weighted by Crippen LogP contribution is -2.42. The molecule has 24 heavy (non-hydrogen) atoms. The van der Waals surface area contributed by atoms with Gasteiger partial charge in [-0.3, -0.25) is 4.79 Å². The van der Waals surface area contributed by atoms with Crippen LogP contribution in [0.15, 0.2) is 54.7 Å². The Hall–Kier alpha value is -2.66. The van der Waals surface area contributed by atoms with Crippen LogP contribution in [0.3, 0.4) is 0 Å². The fourth-order valence-corrected chi connectivity index (χ4v) is 2.78. The highest BCUT2D eigenvalue weighted by molar-refractivity contribution is 5.86. The van der Waals surface area contributed by atoms with Gasteiger partial charge in [0.25, 0.3) is 0 Å². The van der Waals surface area contributed by atoms with E-state index in [0.29, 0.717) is 24.9 Å². The van der Waals surface area contributed by atoms with Gasteiger partial charge in [-0.15, -0.1) is 0 Å². The molecule has 5 heteroatoms. The lowest BCUT2D eigenvalue weighted by molar-refractivity contribution is -0.122. The van der Waals surface area contributed by atoms with Crippen LogP contribution in [-0.4, -0.2) is 23.5 Å². The molecule has 0 aliphatic rings. The number of nitrogens with one attached hydrogen (secondary N) is 2. The summed E-state index contributed by atoms with van der Waals surface area (Å²) in [7, 11) is 0. The number of benzene rings is 2. The number of aromatic nitrogens is 1. The summed E-state index contributed by atoms with van der Waals surface area (Å²) in [6, 6.07) is 13.8. The maximum absolute atomic E-state index is 13.5. The third-order valence-electron chi connectivity index (χ3n) is 4.10. The second-order valence-electron chi connectivity index (χ2n) is 5.80. The first-order chi connectivity index (χ1) is 11.6. The molecule has 0 bridgehead atoms. The van der Waals surface area contributed by atoms with E-state index in [1.807, 2.05) is 30.5 Å². The summed E-state index contributed by atoms with van der Waals surface area (Å²) in [6.07, 6.45) is 2.78. The number of carbonyl (C=O) groups is 1. The van der Waals surface area contributed by atoms with Crippen molar-refractivity contribution in [2.75, 3.05) is 6.54 Å². The molecule has 0 aliphatic carbocycles. The molecule has 3 rings (SSSR count). The number of aromatic amines is 1. The van der Waals surface area contributed by atoms with Crippen LogP contribution in [0.1, 0.15) is 11.1 Å². The molecule has 1 atom stereocenters. The smallest absolute Gasteiger partial charge is 0.237 e. The molecule has 0 unspecified atom stereocenters. The summed E-state index contributed by atoms with van der Waals surface area (Å²) in [5, 5.41) is 3.85. The van der Waals surface area contributed by atoms with Crippen LogP contribution in [0.4, 0.5) is 4.39 Å². The van der Waals surface area contributed by atoms with Gasteiger partial charge in [0.1, 0.15) is 5.82 Å². The van der Waals surface area contributed by atoms with Gasteiger partial charge in [-0.1, -0.05) is 36.4 Å². The minimum atomic E-state index is -0.634. The van der Waals surface area contributed by atoms with Gasteiger partial charge < -0.3 is 16.0 Å². The SMILES string of the molecule is N[C@@H](Cc1c[nH]c2ccccc12)C(=O)NCCc1ccccc1F. The van der Waals surface area contributed by atoms with Crippen molar-refractivity contribution >= 4 is 16.8 Å². The Labute approximate surface area is 139 Å². The average molecular weight is 325 g/mol. The summed E-state index contributed by atoms with van der Waals surface area (Å²) in [5.41, 5.74) is 8.64. The van der Waals surface area contributed by atoms with Crippen LogP contribution in [0, 0.1) is 5.82 Å². The summed E-state index contributed by atoms with van der Waals surface area (Å²) < 4.78 is 13.5.